The van der Waals surface area contributed by atoms with E-state index in [9.17, 15) is 30.8 Å². The molecule has 1 amide bonds. The molecule has 0 bridgehead atoms. The molecule has 0 saturated heterocycles. The molecule has 5 rings (SSSR count). The third-order valence-electron chi connectivity index (χ3n) is 7.50. The van der Waals surface area contributed by atoms with Crippen LogP contribution in [0.4, 0.5) is 17.6 Å². The SMILES string of the molecule is CCS(=O)(=O)c1cccc(C(C2CC2)N(Cc2ccc(C(F)(F)F)nc2)C(=O)C2CC2c2ccc(F)cc2)c1. The minimum Gasteiger partial charge on any atom is -0.331 e. The topological polar surface area (TPSA) is 67.3 Å². The molecule has 2 aliphatic carbocycles. The maximum absolute atomic E-state index is 14.0. The number of hydrogen-bond donors (Lipinski definition) is 0. The fraction of sp³-hybridized carbons (Fsp3) is 0.379. The van der Waals surface area contributed by atoms with Gasteiger partial charge in [0.25, 0.3) is 0 Å². The summed E-state index contributed by atoms with van der Waals surface area (Å²) < 4.78 is 77.9. The Balaban J connectivity index is 1.50. The number of carbonyl (C=O) groups is 1. The lowest BCUT2D eigenvalue weighted by Crippen LogP contribution is -2.37. The fourth-order valence-electron chi connectivity index (χ4n) is 5.13. The third-order valence-corrected chi connectivity index (χ3v) is 9.23. The molecule has 10 heteroatoms. The lowest BCUT2D eigenvalue weighted by Gasteiger charge is -2.33. The molecule has 2 saturated carbocycles. The molecule has 0 spiro atoms. The Hall–Kier alpha value is -3.27. The van der Waals surface area contributed by atoms with E-state index in [2.05, 4.69) is 4.98 Å². The van der Waals surface area contributed by atoms with Gasteiger partial charge in [0.2, 0.25) is 5.91 Å². The molecule has 2 aliphatic rings. The summed E-state index contributed by atoms with van der Waals surface area (Å²) in [5.74, 6) is -0.941. The van der Waals surface area contributed by atoms with Gasteiger partial charge in [-0.3, -0.25) is 9.78 Å². The quantitative estimate of drug-likeness (QED) is 0.288. The van der Waals surface area contributed by atoms with E-state index < -0.39 is 27.7 Å². The van der Waals surface area contributed by atoms with Crippen LogP contribution in [0.5, 0.6) is 0 Å². The highest BCUT2D eigenvalue weighted by Gasteiger charge is 2.49. The Morgan fingerprint density at radius 2 is 1.79 bits per heavy atom. The van der Waals surface area contributed by atoms with E-state index in [0.717, 1.165) is 30.7 Å². The largest absolute Gasteiger partial charge is 0.433 e. The molecule has 1 aromatic heterocycles. The Kier molecular flexibility index (Phi) is 7.26. The molecular formula is C29H28F4N2O3S. The van der Waals surface area contributed by atoms with Gasteiger partial charge in [-0.05, 0) is 78.1 Å². The second-order valence-electron chi connectivity index (χ2n) is 10.3. The lowest BCUT2D eigenvalue weighted by atomic mass is 9.98. The molecule has 1 heterocycles. The van der Waals surface area contributed by atoms with E-state index in [4.69, 9.17) is 0 Å². The predicted octanol–water partition coefficient (Wildman–Crippen LogP) is 6.32. The summed E-state index contributed by atoms with van der Waals surface area (Å²) in [6, 6.07) is 14.4. The molecular weight excluding hydrogens is 532 g/mol. The Morgan fingerprint density at radius 1 is 1.08 bits per heavy atom. The minimum atomic E-state index is -4.58. The van der Waals surface area contributed by atoms with Crippen LogP contribution >= 0.6 is 0 Å². The molecule has 0 radical (unpaired) electrons. The lowest BCUT2D eigenvalue weighted by molar-refractivity contribution is -0.141. The van der Waals surface area contributed by atoms with Crippen molar-refractivity contribution in [1.29, 1.82) is 0 Å². The molecule has 0 aliphatic heterocycles. The number of carbonyl (C=O) groups excluding carboxylic acids is 1. The first-order valence-corrected chi connectivity index (χ1v) is 14.5. The van der Waals surface area contributed by atoms with Crippen molar-refractivity contribution in [2.45, 2.75) is 55.8 Å². The first-order chi connectivity index (χ1) is 18.5. The van der Waals surface area contributed by atoms with Crippen LogP contribution in [0.25, 0.3) is 0 Å². The van der Waals surface area contributed by atoms with E-state index in [-0.39, 0.29) is 46.7 Å². The summed E-state index contributed by atoms with van der Waals surface area (Å²) in [6.07, 6.45) is -1.18. The Morgan fingerprint density at radius 3 is 2.38 bits per heavy atom. The number of benzene rings is 2. The van der Waals surface area contributed by atoms with Crippen molar-refractivity contribution in [3.05, 3.63) is 95.1 Å². The fourth-order valence-corrected chi connectivity index (χ4v) is 6.07. The van der Waals surface area contributed by atoms with Gasteiger partial charge in [0, 0.05) is 18.7 Å². The molecule has 0 N–H and O–H groups in total. The molecule has 5 nitrogen and oxygen atoms in total. The van der Waals surface area contributed by atoms with Crippen LogP contribution in [0, 0.1) is 17.7 Å². The van der Waals surface area contributed by atoms with Crippen molar-refractivity contribution in [2.75, 3.05) is 5.75 Å². The minimum absolute atomic E-state index is 0.0303. The van der Waals surface area contributed by atoms with Gasteiger partial charge in [-0.25, -0.2) is 12.8 Å². The number of amides is 1. The number of aromatic nitrogens is 1. The number of alkyl halides is 3. The average molecular weight is 561 g/mol. The maximum atomic E-state index is 14.0. The van der Waals surface area contributed by atoms with Gasteiger partial charge in [0.1, 0.15) is 11.5 Å². The Bertz CT molecular complexity index is 1450. The monoisotopic (exact) mass is 560 g/mol. The molecule has 206 valence electrons. The molecule has 2 aromatic carbocycles. The van der Waals surface area contributed by atoms with Crippen molar-refractivity contribution >= 4 is 15.7 Å². The normalized spacial score (nSPS) is 19.9. The van der Waals surface area contributed by atoms with Crippen molar-refractivity contribution in [3.63, 3.8) is 0 Å². The van der Waals surface area contributed by atoms with Crippen LogP contribution in [0.1, 0.15) is 60.5 Å². The zero-order valence-electron chi connectivity index (χ0n) is 21.2. The first-order valence-electron chi connectivity index (χ1n) is 12.9. The van der Waals surface area contributed by atoms with Crippen LogP contribution < -0.4 is 0 Å². The molecule has 3 unspecified atom stereocenters. The molecule has 3 aromatic rings. The third kappa shape index (κ3) is 6.00. The van der Waals surface area contributed by atoms with E-state index in [1.165, 1.54) is 24.3 Å². The summed E-state index contributed by atoms with van der Waals surface area (Å²) in [5, 5.41) is 0. The average Bonchev–Trinajstić information content (AvgIpc) is 3.84. The zero-order chi connectivity index (χ0) is 27.9. The van der Waals surface area contributed by atoms with Gasteiger partial charge in [-0.2, -0.15) is 13.2 Å². The smallest absolute Gasteiger partial charge is 0.331 e. The van der Waals surface area contributed by atoms with E-state index >= 15 is 0 Å². The van der Waals surface area contributed by atoms with Gasteiger partial charge in [0.05, 0.1) is 16.7 Å². The first kappa shape index (κ1) is 27.3. The van der Waals surface area contributed by atoms with Gasteiger partial charge in [-0.1, -0.05) is 37.3 Å². The number of hydrogen-bond acceptors (Lipinski definition) is 4. The number of nitrogens with zero attached hydrogens (tertiary/aromatic N) is 2. The summed E-state index contributed by atoms with van der Waals surface area (Å²) in [5.41, 5.74) is 0.960. The van der Waals surface area contributed by atoms with Gasteiger partial charge in [0.15, 0.2) is 9.84 Å². The number of halogens is 4. The van der Waals surface area contributed by atoms with Crippen molar-refractivity contribution < 1.29 is 30.8 Å². The second kappa shape index (κ2) is 10.4. The van der Waals surface area contributed by atoms with Crippen LogP contribution in [0.3, 0.4) is 0 Å². The maximum Gasteiger partial charge on any atom is 0.433 e. The second-order valence-corrected chi connectivity index (χ2v) is 12.6. The summed E-state index contributed by atoms with van der Waals surface area (Å²) in [7, 11) is -3.49. The number of rotatable bonds is 9. The zero-order valence-corrected chi connectivity index (χ0v) is 22.1. The van der Waals surface area contributed by atoms with Gasteiger partial charge < -0.3 is 4.90 Å². The Labute approximate surface area is 224 Å². The van der Waals surface area contributed by atoms with Crippen LogP contribution in [0.2, 0.25) is 0 Å². The highest BCUT2D eigenvalue weighted by molar-refractivity contribution is 7.91. The van der Waals surface area contributed by atoms with Crippen molar-refractivity contribution in [1.82, 2.24) is 9.88 Å². The van der Waals surface area contributed by atoms with Gasteiger partial charge in [-0.15, -0.1) is 0 Å². The number of pyridine rings is 1. The highest BCUT2D eigenvalue weighted by atomic mass is 32.2. The molecule has 39 heavy (non-hydrogen) atoms. The van der Waals surface area contributed by atoms with Crippen molar-refractivity contribution in [2.24, 2.45) is 11.8 Å². The number of sulfone groups is 1. The van der Waals surface area contributed by atoms with E-state index in [1.54, 1.807) is 42.2 Å². The van der Waals surface area contributed by atoms with E-state index in [1.807, 2.05) is 0 Å². The standard InChI is InChI=1S/C29H28F4N2O3S/c1-2-39(37,38)23-5-3-4-21(14-23)27(20-7-8-20)35(17-18-6-13-26(34-16-18)29(31,32)33)28(36)25-15-24(25)19-9-11-22(30)12-10-19/h3-6,9-14,16,20,24-25,27H,2,7-8,15,17H2,1H3. The van der Waals surface area contributed by atoms with Crippen molar-refractivity contribution in [3.8, 4) is 0 Å². The highest BCUT2D eigenvalue weighted by Crippen LogP contribution is 2.52. The summed E-state index contributed by atoms with van der Waals surface area (Å²) in [6.45, 7) is 1.60. The summed E-state index contributed by atoms with van der Waals surface area (Å²) >= 11 is 0. The van der Waals surface area contributed by atoms with E-state index in [0.29, 0.717) is 17.5 Å². The van der Waals surface area contributed by atoms with Gasteiger partial charge >= 0.3 is 6.18 Å². The predicted molar refractivity (Wildman–Crippen MR) is 137 cm³/mol. The summed E-state index contributed by atoms with van der Waals surface area (Å²) in [4.78, 5) is 19.4. The van der Waals surface area contributed by atoms with Crippen LogP contribution in [-0.2, 0) is 27.4 Å². The molecule has 3 atom stereocenters. The van der Waals surface area contributed by atoms with Crippen LogP contribution in [0.15, 0.2) is 71.8 Å². The van der Waals surface area contributed by atoms with Crippen LogP contribution in [-0.4, -0.2) is 30.0 Å². The molecule has 2 fully saturated rings.